The number of ether oxygens (including phenoxy) is 1. The van der Waals surface area contributed by atoms with Gasteiger partial charge in [0.15, 0.2) is 0 Å². The van der Waals surface area contributed by atoms with Gasteiger partial charge in [-0.05, 0) is 25.0 Å². The van der Waals surface area contributed by atoms with E-state index in [0.29, 0.717) is 17.0 Å². The van der Waals surface area contributed by atoms with Gasteiger partial charge in [-0.15, -0.1) is 0 Å². The maximum Gasteiger partial charge on any atom is 0.311 e. The van der Waals surface area contributed by atoms with Crippen molar-refractivity contribution in [2.45, 2.75) is 69.5 Å². The van der Waals surface area contributed by atoms with Crippen LogP contribution in [0.2, 0.25) is 0 Å². The van der Waals surface area contributed by atoms with Crippen molar-refractivity contribution < 1.29 is 9.53 Å². The molecule has 0 radical (unpaired) electrons. The normalized spacial score (nSPS) is 12.1. The average molecular weight is 355 g/mol. The summed E-state index contributed by atoms with van der Waals surface area (Å²) in [6.45, 7) is 2.20. The number of carbonyl (C=O) groups excluding carboxylic acids is 1. The number of benzene rings is 1. The predicted molar refractivity (Wildman–Crippen MR) is 92.0 cm³/mol. The quantitative estimate of drug-likeness (QED) is 0.214. The standard InChI is InChI=1S/C18H27BrO2/c1-16(19)12-8-5-3-2-4-6-11-15-18(20)21-17-13-9-7-10-14-17/h7,9-10,13-14,16H,2-6,8,11-12,15H2,1H3. The summed E-state index contributed by atoms with van der Waals surface area (Å²) in [7, 11) is 0. The number of halogens is 1. The molecule has 0 aliphatic carbocycles. The van der Waals surface area contributed by atoms with Gasteiger partial charge >= 0.3 is 5.97 Å². The van der Waals surface area contributed by atoms with Crippen LogP contribution >= 0.6 is 15.9 Å². The van der Waals surface area contributed by atoms with Crippen LogP contribution in [0.1, 0.15) is 64.7 Å². The SMILES string of the molecule is CC(Br)CCCCCCCCCC(=O)Oc1ccccc1. The molecule has 0 fully saturated rings. The van der Waals surface area contributed by atoms with Crippen LogP contribution < -0.4 is 4.74 Å². The average Bonchev–Trinajstić information content (AvgIpc) is 2.46. The molecular weight excluding hydrogens is 328 g/mol. The van der Waals surface area contributed by atoms with E-state index >= 15 is 0 Å². The van der Waals surface area contributed by atoms with E-state index in [0.717, 1.165) is 12.8 Å². The van der Waals surface area contributed by atoms with E-state index in [9.17, 15) is 4.79 Å². The van der Waals surface area contributed by atoms with E-state index in [1.807, 2.05) is 30.3 Å². The number of para-hydroxylation sites is 1. The molecule has 0 spiro atoms. The molecule has 1 aromatic carbocycles. The van der Waals surface area contributed by atoms with E-state index in [-0.39, 0.29) is 5.97 Å². The zero-order valence-corrected chi connectivity index (χ0v) is 14.6. The number of unbranched alkanes of at least 4 members (excludes halogenated alkanes) is 6. The van der Waals surface area contributed by atoms with E-state index in [2.05, 4.69) is 22.9 Å². The van der Waals surface area contributed by atoms with Crippen molar-refractivity contribution in [1.29, 1.82) is 0 Å². The third kappa shape index (κ3) is 10.5. The van der Waals surface area contributed by atoms with Crippen LogP contribution in [-0.2, 0) is 4.79 Å². The highest BCUT2D eigenvalue weighted by molar-refractivity contribution is 9.09. The summed E-state index contributed by atoms with van der Waals surface area (Å²) >= 11 is 3.57. The van der Waals surface area contributed by atoms with Crippen LogP contribution in [0.4, 0.5) is 0 Å². The first-order valence-corrected chi connectivity index (χ1v) is 9.00. The topological polar surface area (TPSA) is 26.3 Å². The lowest BCUT2D eigenvalue weighted by molar-refractivity contribution is -0.134. The van der Waals surface area contributed by atoms with Crippen LogP contribution in [-0.4, -0.2) is 10.8 Å². The lowest BCUT2D eigenvalue weighted by Crippen LogP contribution is -2.07. The molecule has 21 heavy (non-hydrogen) atoms. The van der Waals surface area contributed by atoms with Crippen LogP contribution in [0.3, 0.4) is 0 Å². The first kappa shape index (κ1) is 18.2. The van der Waals surface area contributed by atoms with E-state index in [4.69, 9.17) is 4.74 Å². The van der Waals surface area contributed by atoms with E-state index in [1.165, 1.54) is 38.5 Å². The fourth-order valence-electron chi connectivity index (χ4n) is 2.25. The lowest BCUT2D eigenvalue weighted by atomic mass is 10.1. The summed E-state index contributed by atoms with van der Waals surface area (Å²) in [5.41, 5.74) is 0. The Kier molecular flexibility index (Phi) is 10.2. The molecule has 0 N–H and O–H groups in total. The van der Waals surface area contributed by atoms with Crippen molar-refractivity contribution in [3.8, 4) is 5.75 Å². The minimum atomic E-state index is -0.118. The summed E-state index contributed by atoms with van der Waals surface area (Å²) in [5, 5.41) is 0. The van der Waals surface area contributed by atoms with E-state index < -0.39 is 0 Å². The first-order valence-electron chi connectivity index (χ1n) is 8.08. The maximum absolute atomic E-state index is 11.6. The zero-order chi connectivity index (χ0) is 15.3. The molecule has 0 aliphatic heterocycles. The molecule has 118 valence electrons. The molecular formula is C18H27BrO2. The Morgan fingerprint density at radius 2 is 1.57 bits per heavy atom. The Hall–Kier alpha value is -0.830. The predicted octanol–water partition coefficient (Wildman–Crippen LogP) is 5.89. The second-order valence-electron chi connectivity index (χ2n) is 5.58. The number of hydrogen-bond donors (Lipinski definition) is 0. The molecule has 2 nitrogen and oxygen atoms in total. The number of rotatable bonds is 11. The van der Waals surface area contributed by atoms with Gasteiger partial charge in [0, 0.05) is 11.2 Å². The Balaban J connectivity index is 1.91. The fraction of sp³-hybridized carbons (Fsp3) is 0.611. The number of hydrogen-bond acceptors (Lipinski definition) is 2. The molecule has 1 rings (SSSR count). The van der Waals surface area contributed by atoms with Crippen molar-refractivity contribution in [3.05, 3.63) is 30.3 Å². The summed E-state index contributed by atoms with van der Waals surface area (Å²) in [5.74, 6) is 0.524. The monoisotopic (exact) mass is 354 g/mol. The fourth-order valence-corrected chi connectivity index (χ4v) is 2.57. The Morgan fingerprint density at radius 1 is 1.00 bits per heavy atom. The smallest absolute Gasteiger partial charge is 0.311 e. The van der Waals surface area contributed by atoms with Gasteiger partial charge in [-0.1, -0.05) is 79.6 Å². The molecule has 0 amide bonds. The Bertz CT molecular complexity index is 376. The highest BCUT2D eigenvalue weighted by Gasteiger charge is 2.04. The highest BCUT2D eigenvalue weighted by atomic mass is 79.9. The van der Waals surface area contributed by atoms with Crippen molar-refractivity contribution in [3.63, 3.8) is 0 Å². The summed E-state index contributed by atoms with van der Waals surface area (Å²) in [6, 6.07) is 9.28. The van der Waals surface area contributed by atoms with Crippen molar-refractivity contribution in [2.24, 2.45) is 0 Å². The van der Waals surface area contributed by atoms with Crippen molar-refractivity contribution in [1.82, 2.24) is 0 Å². The third-order valence-corrected chi connectivity index (χ3v) is 3.92. The Morgan fingerprint density at radius 3 is 2.19 bits per heavy atom. The second-order valence-corrected chi connectivity index (χ2v) is 7.14. The Labute approximate surface area is 137 Å². The number of esters is 1. The van der Waals surface area contributed by atoms with Gasteiger partial charge in [0.05, 0.1) is 0 Å². The minimum absolute atomic E-state index is 0.118. The molecule has 1 aromatic rings. The van der Waals surface area contributed by atoms with Crippen LogP contribution in [0.15, 0.2) is 30.3 Å². The van der Waals surface area contributed by atoms with Gasteiger partial charge in [0.2, 0.25) is 0 Å². The lowest BCUT2D eigenvalue weighted by Gasteiger charge is -2.05. The summed E-state index contributed by atoms with van der Waals surface area (Å²) < 4.78 is 5.25. The third-order valence-electron chi connectivity index (χ3n) is 3.46. The highest BCUT2D eigenvalue weighted by Crippen LogP contribution is 2.14. The summed E-state index contributed by atoms with van der Waals surface area (Å²) in [4.78, 5) is 12.3. The van der Waals surface area contributed by atoms with Gasteiger partial charge in [-0.2, -0.15) is 0 Å². The first-order chi connectivity index (χ1) is 10.2. The molecule has 3 heteroatoms. The molecule has 0 bridgehead atoms. The zero-order valence-electron chi connectivity index (χ0n) is 13.0. The summed E-state index contributed by atoms with van der Waals surface area (Å²) in [6.07, 6.45) is 10.3. The van der Waals surface area contributed by atoms with Gasteiger partial charge in [0.1, 0.15) is 5.75 Å². The molecule has 0 saturated carbocycles. The molecule has 0 aliphatic rings. The molecule has 0 heterocycles. The van der Waals surface area contributed by atoms with Gasteiger partial charge in [-0.25, -0.2) is 0 Å². The molecule has 0 saturated heterocycles. The van der Waals surface area contributed by atoms with E-state index in [1.54, 1.807) is 0 Å². The molecule has 1 unspecified atom stereocenters. The maximum atomic E-state index is 11.6. The van der Waals surface area contributed by atoms with Crippen molar-refractivity contribution in [2.75, 3.05) is 0 Å². The minimum Gasteiger partial charge on any atom is -0.427 e. The van der Waals surface area contributed by atoms with Gasteiger partial charge in [-0.3, -0.25) is 4.79 Å². The van der Waals surface area contributed by atoms with Gasteiger partial charge < -0.3 is 4.74 Å². The van der Waals surface area contributed by atoms with Gasteiger partial charge in [0.25, 0.3) is 0 Å². The van der Waals surface area contributed by atoms with Crippen LogP contribution in [0, 0.1) is 0 Å². The van der Waals surface area contributed by atoms with Crippen LogP contribution in [0.25, 0.3) is 0 Å². The largest absolute Gasteiger partial charge is 0.427 e. The molecule has 1 atom stereocenters. The number of carbonyl (C=O) groups is 1. The second kappa shape index (κ2) is 11.8. The molecule has 0 aromatic heterocycles. The van der Waals surface area contributed by atoms with Crippen molar-refractivity contribution >= 4 is 21.9 Å². The van der Waals surface area contributed by atoms with Crippen LogP contribution in [0.5, 0.6) is 5.75 Å². The number of alkyl halides is 1.